The number of phenolic OH excluding ortho intramolecular Hbond substituents is 1. The van der Waals surface area contributed by atoms with Crippen LogP contribution in [0.2, 0.25) is 0 Å². The molecule has 0 spiro atoms. The summed E-state index contributed by atoms with van der Waals surface area (Å²) in [6, 6.07) is 6.84. The van der Waals surface area contributed by atoms with Gasteiger partial charge in [0.05, 0.1) is 5.71 Å². The Kier molecular flexibility index (Phi) is 5.19. The summed E-state index contributed by atoms with van der Waals surface area (Å²) in [5.74, 6) is 0.210. The molecule has 0 aliphatic heterocycles. The first kappa shape index (κ1) is 16.5. The summed E-state index contributed by atoms with van der Waals surface area (Å²) in [5.41, 5.74) is 1.75. The Morgan fingerprint density at radius 2 is 1.77 bits per heavy atom. The van der Waals surface area contributed by atoms with Gasteiger partial charge in [0.2, 0.25) is 0 Å². The molecular weight excluding hydrogens is 305 g/mol. The Morgan fingerprint density at radius 3 is 2.41 bits per heavy atom. The molecule has 0 heterocycles. The molecule has 1 aromatic carbocycles. The Hall–Kier alpha value is -1.88. The molecule has 0 atom stereocenters. The number of phenols is 1. The predicted molar refractivity (Wildman–Crippen MR) is 83.9 cm³/mol. The van der Waals surface area contributed by atoms with Gasteiger partial charge in [-0.25, -0.2) is 4.57 Å². The summed E-state index contributed by atoms with van der Waals surface area (Å²) in [6.07, 6.45) is 5.32. The molecular formula is C15H18NO5P. The second kappa shape index (κ2) is 6.92. The highest BCUT2D eigenvalue weighted by Gasteiger charge is 2.19. The first-order valence-electron chi connectivity index (χ1n) is 6.87. The molecule has 4 N–H and O–H groups in total. The average molecular weight is 323 g/mol. The molecule has 0 radical (unpaired) electrons. The van der Waals surface area contributed by atoms with Crippen LogP contribution in [0.4, 0.5) is 0 Å². The van der Waals surface area contributed by atoms with Crippen molar-refractivity contribution < 1.29 is 24.6 Å². The smallest absolute Gasteiger partial charge is 0.448 e. The van der Waals surface area contributed by atoms with Gasteiger partial charge in [0.1, 0.15) is 11.5 Å². The van der Waals surface area contributed by atoms with Gasteiger partial charge in [-0.05, 0) is 43.0 Å². The summed E-state index contributed by atoms with van der Waals surface area (Å²) in [5, 5.41) is 19.1. The van der Waals surface area contributed by atoms with Crippen molar-refractivity contribution in [1.29, 1.82) is 0 Å². The topological polar surface area (TPSA) is 110 Å². The molecule has 118 valence electrons. The maximum absolute atomic E-state index is 11.0. The minimum Gasteiger partial charge on any atom is -0.508 e. The molecule has 0 unspecified atom stereocenters. The molecule has 1 aliphatic carbocycles. The molecule has 7 heteroatoms. The molecule has 2 rings (SSSR count). The normalized spacial score (nSPS) is 17.3. The average Bonchev–Trinajstić information content (AvgIpc) is 2.42. The van der Waals surface area contributed by atoms with Gasteiger partial charge in [-0.3, -0.25) is 0 Å². The minimum absolute atomic E-state index is 0.00385. The van der Waals surface area contributed by atoms with E-state index in [9.17, 15) is 14.8 Å². The Morgan fingerprint density at radius 1 is 1.09 bits per heavy atom. The van der Waals surface area contributed by atoms with E-state index in [1.807, 2.05) is 12.1 Å². The second-order valence-electron chi connectivity index (χ2n) is 5.05. The van der Waals surface area contributed by atoms with E-state index in [2.05, 4.69) is 4.76 Å². The van der Waals surface area contributed by atoms with Gasteiger partial charge in [-0.1, -0.05) is 18.2 Å². The van der Waals surface area contributed by atoms with E-state index in [-0.39, 0.29) is 17.2 Å². The quantitative estimate of drug-likeness (QED) is 0.623. The molecule has 22 heavy (non-hydrogen) atoms. The lowest BCUT2D eigenvalue weighted by Gasteiger charge is -2.15. The Bertz CT molecular complexity index is 670. The summed E-state index contributed by atoms with van der Waals surface area (Å²) in [4.78, 5) is 17.9. The van der Waals surface area contributed by atoms with Crippen molar-refractivity contribution in [1.82, 2.24) is 0 Å². The van der Waals surface area contributed by atoms with Gasteiger partial charge in [-0.2, -0.15) is 4.76 Å². The number of benzene rings is 1. The minimum atomic E-state index is -4.51. The van der Waals surface area contributed by atoms with E-state index in [4.69, 9.17) is 9.79 Å². The van der Waals surface area contributed by atoms with Crippen molar-refractivity contribution in [3.05, 3.63) is 53.3 Å². The molecule has 0 aromatic heterocycles. The highest BCUT2D eigenvalue weighted by Crippen LogP contribution is 2.38. The van der Waals surface area contributed by atoms with Crippen LogP contribution in [0.1, 0.15) is 24.8 Å². The molecule has 0 saturated heterocycles. The van der Waals surface area contributed by atoms with Crippen molar-refractivity contribution in [2.45, 2.75) is 25.7 Å². The Labute approximate surface area is 128 Å². The van der Waals surface area contributed by atoms with Crippen LogP contribution < -0.4 is 0 Å². The largest absolute Gasteiger partial charge is 0.508 e. The fourth-order valence-corrected chi connectivity index (χ4v) is 2.83. The number of allylic oxidation sites excluding steroid dienone is 3. The van der Waals surface area contributed by atoms with Crippen molar-refractivity contribution in [3.8, 4) is 5.75 Å². The number of rotatable bonds is 5. The van der Waals surface area contributed by atoms with Crippen LogP contribution in [-0.2, 0) is 11.0 Å². The zero-order valence-electron chi connectivity index (χ0n) is 11.9. The zero-order valence-corrected chi connectivity index (χ0v) is 12.8. The maximum Gasteiger partial charge on any atom is 0.448 e. The predicted octanol–water partition coefficient (Wildman–Crippen LogP) is 3.02. The first-order valence-corrected chi connectivity index (χ1v) is 8.43. The van der Waals surface area contributed by atoms with E-state index in [0.29, 0.717) is 24.8 Å². The van der Waals surface area contributed by atoms with Crippen LogP contribution in [0.15, 0.2) is 52.5 Å². The van der Waals surface area contributed by atoms with E-state index in [0.717, 1.165) is 12.0 Å². The molecule has 0 amide bonds. The zero-order chi connectivity index (χ0) is 16.2. The Balaban J connectivity index is 2.05. The molecule has 6 nitrogen and oxygen atoms in total. The number of hydrogen-bond donors (Lipinski definition) is 4. The third-order valence-corrected chi connectivity index (χ3v) is 3.83. The van der Waals surface area contributed by atoms with Crippen LogP contribution >= 0.6 is 7.75 Å². The summed E-state index contributed by atoms with van der Waals surface area (Å²) in [6.45, 7) is 0. The van der Waals surface area contributed by atoms with E-state index in [1.54, 1.807) is 18.2 Å². The van der Waals surface area contributed by atoms with Crippen LogP contribution in [0.25, 0.3) is 0 Å². The number of hydrogen-bond acceptors (Lipinski definition) is 3. The van der Waals surface area contributed by atoms with Gasteiger partial charge in [0.15, 0.2) is 0 Å². The fourth-order valence-electron chi connectivity index (χ4n) is 2.32. The standard InChI is InChI=1S/C15H18NO5P/c17-12-9-7-11(8-10-12)3-1-4-13-14(16-22(19,20)21)5-2-6-15(13)18/h2,6-10,17-18H,1,3-5H2,(H2,19,20,21). The maximum atomic E-state index is 11.0. The molecule has 1 aliphatic rings. The van der Waals surface area contributed by atoms with E-state index >= 15 is 0 Å². The van der Waals surface area contributed by atoms with E-state index < -0.39 is 7.75 Å². The SMILES string of the molecule is O=P(O)(O)N=C1CC=CC(O)=C1CCCc1ccc(O)cc1. The summed E-state index contributed by atoms with van der Waals surface area (Å²) >= 11 is 0. The number of aliphatic hydroxyl groups excluding tert-OH is 1. The van der Waals surface area contributed by atoms with Crippen LogP contribution in [0.3, 0.4) is 0 Å². The second-order valence-corrected chi connectivity index (χ2v) is 6.28. The van der Waals surface area contributed by atoms with Gasteiger partial charge in [-0.15, -0.1) is 0 Å². The van der Waals surface area contributed by atoms with Crippen LogP contribution in [0.5, 0.6) is 5.75 Å². The highest BCUT2D eigenvalue weighted by atomic mass is 31.2. The van der Waals surface area contributed by atoms with Gasteiger partial charge in [0, 0.05) is 12.0 Å². The monoisotopic (exact) mass is 323 g/mol. The van der Waals surface area contributed by atoms with Crippen molar-refractivity contribution in [2.75, 3.05) is 0 Å². The molecule has 1 aromatic rings. The van der Waals surface area contributed by atoms with Crippen molar-refractivity contribution in [2.24, 2.45) is 4.76 Å². The number of aryl methyl sites for hydroxylation is 1. The van der Waals surface area contributed by atoms with Crippen LogP contribution in [0, 0.1) is 0 Å². The molecule has 0 saturated carbocycles. The molecule has 0 fully saturated rings. The van der Waals surface area contributed by atoms with E-state index in [1.165, 1.54) is 6.08 Å². The first-order chi connectivity index (χ1) is 10.3. The summed E-state index contributed by atoms with van der Waals surface area (Å²) < 4.78 is 14.5. The van der Waals surface area contributed by atoms with Crippen molar-refractivity contribution in [3.63, 3.8) is 0 Å². The number of aromatic hydroxyl groups is 1. The van der Waals surface area contributed by atoms with Crippen molar-refractivity contribution >= 4 is 13.5 Å². The lowest BCUT2D eigenvalue weighted by Crippen LogP contribution is -2.09. The fraction of sp³-hybridized carbons (Fsp3) is 0.267. The lowest BCUT2D eigenvalue weighted by atomic mass is 9.95. The number of aliphatic hydroxyl groups is 1. The van der Waals surface area contributed by atoms with Gasteiger partial charge in [0.25, 0.3) is 0 Å². The van der Waals surface area contributed by atoms with Gasteiger partial charge < -0.3 is 20.0 Å². The lowest BCUT2D eigenvalue weighted by molar-refractivity contribution is 0.375. The van der Waals surface area contributed by atoms with Gasteiger partial charge >= 0.3 is 7.75 Å². The number of nitrogens with zero attached hydrogens (tertiary/aromatic N) is 1. The summed E-state index contributed by atoms with van der Waals surface area (Å²) in [7, 11) is -4.51. The third-order valence-electron chi connectivity index (χ3n) is 3.32. The molecule has 0 bridgehead atoms. The third kappa shape index (κ3) is 4.84. The van der Waals surface area contributed by atoms with Crippen LogP contribution in [-0.4, -0.2) is 25.7 Å². The highest BCUT2D eigenvalue weighted by molar-refractivity contribution is 7.50.